The van der Waals surface area contributed by atoms with Crippen LogP contribution in [-0.2, 0) is 19.1 Å². The molecule has 4 N–H and O–H groups in total. The summed E-state index contributed by atoms with van der Waals surface area (Å²) in [7, 11) is 0. The number of carbonyl (C=O) groups is 3. The summed E-state index contributed by atoms with van der Waals surface area (Å²) in [5, 5.41) is 0. The van der Waals surface area contributed by atoms with Crippen LogP contribution in [-0.4, -0.2) is 48.4 Å². The molecule has 1 aliphatic heterocycles. The molecule has 20 heavy (non-hydrogen) atoms. The number of halogens is 1. The average Bonchev–Trinajstić information content (AvgIpc) is 2.37. The van der Waals surface area contributed by atoms with Crippen molar-refractivity contribution >= 4 is 30.2 Å². The topological polar surface area (TPSA) is 116 Å². The number of hydrogen-bond donors (Lipinski definition) is 2. The minimum Gasteiger partial charge on any atom is -0.466 e. The molecule has 0 aliphatic carbocycles. The first kappa shape index (κ1) is 18.7. The van der Waals surface area contributed by atoms with Gasteiger partial charge < -0.3 is 21.1 Å². The molecule has 0 aromatic heterocycles. The number of piperidine rings is 1. The fraction of sp³-hybridized carbons (Fsp3) is 0.750. The summed E-state index contributed by atoms with van der Waals surface area (Å²) in [4.78, 5) is 35.9. The molecule has 8 heteroatoms. The van der Waals surface area contributed by atoms with Crippen molar-refractivity contribution in [2.75, 3.05) is 19.7 Å². The largest absolute Gasteiger partial charge is 0.466 e. The van der Waals surface area contributed by atoms with Crippen LogP contribution in [0.15, 0.2) is 0 Å². The van der Waals surface area contributed by atoms with E-state index in [-0.39, 0.29) is 36.6 Å². The Bertz CT molecular complexity index is 365. The van der Waals surface area contributed by atoms with E-state index >= 15 is 0 Å². The Morgan fingerprint density at radius 1 is 1.40 bits per heavy atom. The first-order chi connectivity index (χ1) is 8.95. The number of carbonyl (C=O) groups excluding carboxylic acids is 3. The van der Waals surface area contributed by atoms with Gasteiger partial charge in [0.25, 0.3) is 0 Å². The van der Waals surface area contributed by atoms with Crippen LogP contribution in [0.5, 0.6) is 0 Å². The van der Waals surface area contributed by atoms with E-state index in [1.807, 2.05) is 0 Å². The molecule has 0 saturated carbocycles. The first-order valence-corrected chi connectivity index (χ1v) is 6.45. The third-order valence-corrected chi connectivity index (χ3v) is 3.09. The van der Waals surface area contributed by atoms with Crippen LogP contribution in [0.25, 0.3) is 0 Å². The number of ether oxygens (including phenoxy) is 1. The smallest absolute Gasteiger partial charge is 0.310 e. The highest BCUT2D eigenvalue weighted by Crippen LogP contribution is 2.18. The van der Waals surface area contributed by atoms with Gasteiger partial charge in [0, 0.05) is 13.1 Å². The Morgan fingerprint density at radius 2 is 2.05 bits per heavy atom. The van der Waals surface area contributed by atoms with Crippen LogP contribution >= 0.6 is 12.4 Å². The summed E-state index contributed by atoms with van der Waals surface area (Å²) < 4.78 is 4.95. The molecule has 2 atom stereocenters. The van der Waals surface area contributed by atoms with Crippen molar-refractivity contribution in [2.24, 2.45) is 17.4 Å². The molecule has 1 saturated heterocycles. The molecule has 7 nitrogen and oxygen atoms in total. The summed E-state index contributed by atoms with van der Waals surface area (Å²) in [6.07, 6.45) is 1.24. The van der Waals surface area contributed by atoms with Gasteiger partial charge in [-0.15, -0.1) is 12.4 Å². The minimum atomic E-state index is -0.932. The van der Waals surface area contributed by atoms with Crippen LogP contribution in [0.4, 0.5) is 0 Å². The van der Waals surface area contributed by atoms with Gasteiger partial charge in [0.1, 0.15) is 0 Å². The number of nitrogens with zero attached hydrogens (tertiary/aromatic N) is 1. The molecule has 2 amide bonds. The van der Waals surface area contributed by atoms with Crippen LogP contribution in [0.2, 0.25) is 0 Å². The lowest BCUT2D eigenvalue weighted by Crippen LogP contribution is -2.50. The highest BCUT2D eigenvalue weighted by atomic mass is 35.5. The second kappa shape index (κ2) is 8.76. The van der Waals surface area contributed by atoms with E-state index in [9.17, 15) is 14.4 Å². The molecule has 0 radical (unpaired) electrons. The Kier molecular flexibility index (Phi) is 8.17. The number of likely N-dealkylation sites (tertiary alicyclic amines) is 1. The highest BCUT2D eigenvalue weighted by molar-refractivity contribution is 5.88. The Morgan fingerprint density at radius 3 is 2.60 bits per heavy atom. The Hall–Kier alpha value is -1.34. The minimum absolute atomic E-state index is 0. The van der Waals surface area contributed by atoms with Crippen molar-refractivity contribution in [3.05, 3.63) is 0 Å². The number of nitrogens with two attached hydrogens (primary N) is 2. The van der Waals surface area contributed by atoms with Crippen molar-refractivity contribution < 1.29 is 19.1 Å². The van der Waals surface area contributed by atoms with Gasteiger partial charge >= 0.3 is 5.97 Å². The van der Waals surface area contributed by atoms with Crippen molar-refractivity contribution in [3.63, 3.8) is 0 Å². The van der Waals surface area contributed by atoms with Gasteiger partial charge in [-0.25, -0.2) is 0 Å². The summed E-state index contributed by atoms with van der Waals surface area (Å²) in [5.74, 6) is -1.55. The zero-order chi connectivity index (χ0) is 14.4. The van der Waals surface area contributed by atoms with Gasteiger partial charge in [-0.05, 0) is 19.8 Å². The van der Waals surface area contributed by atoms with E-state index < -0.39 is 11.9 Å². The predicted octanol–water partition coefficient (Wildman–Crippen LogP) is -0.587. The number of primary amides is 1. The van der Waals surface area contributed by atoms with Gasteiger partial charge in [0.05, 0.1) is 25.0 Å². The van der Waals surface area contributed by atoms with Crippen molar-refractivity contribution in [3.8, 4) is 0 Å². The molecule has 0 aromatic rings. The van der Waals surface area contributed by atoms with E-state index in [0.29, 0.717) is 26.1 Å². The van der Waals surface area contributed by atoms with Gasteiger partial charge in [-0.1, -0.05) is 0 Å². The molecule has 1 aliphatic rings. The number of esters is 1. The second-order valence-electron chi connectivity index (χ2n) is 4.65. The zero-order valence-electron chi connectivity index (χ0n) is 11.5. The van der Waals surface area contributed by atoms with Crippen LogP contribution in [0.3, 0.4) is 0 Å². The number of rotatable bonds is 5. The summed E-state index contributed by atoms with van der Waals surface area (Å²) in [5.41, 5.74) is 10.6. The number of hydrogen-bond acceptors (Lipinski definition) is 5. The molecule has 116 valence electrons. The predicted molar refractivity (Wildman–Crippen MR) is 75.0 cm³/mol. The summed E-state index contributed by atoms with van der Waals surface area (Å²) in [6.45, 7) is 2.90. The molecule has 0 spiro atoms. The molecule has 1 heterocycles. The van der Waals surface area contributed by atoms with Crippen molar-refractivity contribution in [1.82, 2.24) is 4.90 Å². The van der Waals surface area contributed by atoms with Crippen LogP contribution in [0.1, 0.15) is 26.2 Å². The molecule has 2 unspecified atom stereocenters. The third kappa shape index (κ3) is 5.34. The van der Waals surface area contributed by atoms with E-state index in [0.717, 1.165) is 6.42 Å². The van der Waals surface area contributed by atoms with Crippen molar-refractivity contribution in [2.45, 2.75) is 32.2 Å². The Labute approximate surface area is 124 Å². The number of amides is 2. The maximum absolute atomic E-state index is 12.0. The van der Waals surface area contributed by atoms with Crippen molar-refractivity contribution in [1.29, 1.82) is 0 Å². The van der Waals surface area contributed by atoms with Crippen LogP contribution in [0, 0.1) is 5.92 Å². The lowest BCUT2D eigenvalue weighted by molar-refractivity contribution is -0.151. The lowest BCUT2D eigenvalue weighted by atomic mass is 9.97. The molecular formula is C12H22ClN3O4. The highest BCUT2D eigenvalue weighted by Gasteiger charge is 2.31. The fourth-order valence-electron chi connectivity index (χ4n) is 2.17. The normalized spacial score (nSPS) is 19.7. The maximum Gasteiger partial charge on any atom is 0.310 e. The molecule has 0 bridgehead atoms. The quantitative estimate of drug-likeness (QED) is 0.659. The summed E-state index contributed by atoms with van der Waals surface area (Å²) >= 11 is 0. The average molecular weight is 308 g/mol. The van der Waals surface area contributed by atoms with Gasteiger partial charge in [-0.2, -0.15) is 0 Å². The lowest BCUT2D eigenvalue weighted by Gasteiger charge is -2.33. The molecular weight excluding hydrogens is 286 g/mol. The summed E-state index contributed by atoms with van der Waals surface area (Å²) in [6, 6.07) is -0.932. The first-order valence-electron chi connectivity index (χ1n) is 6.45. The Balaban J connectivity index is 0.00000361. The van der Waals surface area contributed by atoms with E-state index in [1.54, 1.807) is 6.92 Å². The molecule has 1 rings (SSSR count). The molecule has 1 fully saturated rings. The van der Waals surface area contributed by atoms with E-state index in [1.165, 1.54) is 4.90 Å². The molecule has 0 aromatic carbocycles. The second-order valence-corrected chi connectivity index (χ2v) is 4.65. The SMILES string of the molecule is CCOC(=O)C1CCCN(C(=O)C(N)CC(N)=O)C1.Cl. The van der Waals surface area contributed by atoms with Gasteiger partial charge in [0.15, 0.2) is 0 Å². The standard InChI is InChI=1S/C12H21N3O4.ClH/c1-2-19-12(18)8-4-3-5-15(7-8)11(17)9(13)6-10(14)16;/h8-9H,2-7,13H2,1H3,(H2,14,16);1H. The zero-order valence-corrected chi connectivity index (χ0v) is 12.4. The third-order valence-electron chi connectivity index (χ3n) is 3.09. The monoisotopic (exact) mass is 307 g/mol. The maximum atomic E-state index is 12.0. The van der Waals surface area contributed by atoms with E-state index in [2.05, 4.69) is 0 Å². The van der Waals surface area contributed by atoms with E-state index in [4.69, 9.17) is 16.2 Å². The van der Waals surface area contributed by atoms with Gasteiger partial charge in [0.2, 0.25) is 11.8 Å². The van der Waals surface area contributed by atoms with Crippen LogP contribution < -0.4 is 11.5 Å². The van der Waals surface area contributed by atoms with Gasteiger partial charge in [-0.3, -0.25) is 14.4 Å². The fourth-order valence-corrected chi connectivity index (χ4v) is 2.17.